The zero-order valence-electron chi connectivity index (χ0n) is 15.4. The Balaban J connectivity index is 1.73. The maximum atomic E-state index is 13.7. The number of hydrogen-bond acceptors (Lipinski definition) is 3. The lowest BCUT2D eigenvalue weighted by Crippen LogP contribution is -2.35. The van der Waals surface area contributed by atoms with E-state index < -0.39 is 0 Å². The van der Waals surface area contributed by atoms with Crippen molar-refractivity contribution in [3.63, 3.8) is 0 Å². The zero-order valence-corrected chi connectivity index (χ0v) is 16.9. The van der Waals surface area contributed by atoms with Crippen LogP contribution in [0, 0.1) is 0 Å². The number of anilines is 1. The van der Waals surface area contributed by atoms with Crippen molar-refractivity contribution in [2.45, 2.75) is 0 Å². The number of nitrogens with zero attached hydrogens (tertiary/aromatic N) is 2. The molecule has 1 aromatic heterocycles. The third-order valence-electron chi connectivity index (χ3n) is 5.21. The smallest absolute Gasteiger partial charge is 0.260 e. The molecule has 6 heteroatoms. The minimum absolute atomic E-state index is 0.171. The molecule has 1 N–H and O–H groups in total. The van der Waals surface area contributed by atoms with E-state index in [1.807, 2.05) is 48.5 Å². The molecule has 2 amide bonds. The number of amides is 2. The maximum Gasteiger partial charge on any atom is 0.260 e. The van der Waals surface area contributed by atoms with Crippen molar-refractivity contribution in [3.8, 4) is 0 Å². The Hall–Kier alpha value is -3.25. The van der Waals surface area contributed by atoms with E-state index >= 15 is 0 Å². The van der Waals surface area contributed by atoms with E-state index in [0.717, 1.165) is 20.6 Å². The third-order valence-corrected chi connectivity index (χ3v) is 5.70. The molecule has 29 heavy (non-hydrogen) atoms. The van der Waals surface area contributed by atoms with Gasteiger partial charge in [0.1, 0.15) is 0 Å². The van der Waals surface area contributed by atoms with Crippen molar-refractivity contribution in [1.29, 1.82) is 0 Å². The van der Waals surface area contributed by atoms with Gasteiger partial charge < -0.3 is 10.2 Å². The average molecular weight is 446 g/mol. The van der Waals surface area contributed by atoms with E-state index in [1.165, 1.54) is 0 Å². The number of benzene rings is 3. The van der Waals surface area contributed by atoms with Crippen molar-refractivity contribution in [2.24, 2.45) is 0 Å². The number of fused-ring (bicyclic) bond motifs is 4. The van der Waals surface area contributed by atoms with Crippen LogP contribution in [-0.4, -0.2) is 29.9 Å². The number of carbonyl (C=O) groups is 2. The number of carbonyl (C=O) groups excluding carboxylic acids is 2. The quantitative estimate of drug-likeness (QED) is 0.437. The van der Waals surface area contributed by atoms with Crippen molar-refractivity contribution in [3.05, 3.63) is 82.5 Å². The second-order valence-corrected chi connectivity index (χ2v) is 7.83. The molecule has 0 saturated heterocycles. The van der Waals surface area contributed by atoms with Gasteiger partial charge in [0.2, 0.25) is 0 Å². The topological polar surface area (TPSA) is 62.3 Å². The molecule has 0 saturated carbocycles. The van der Waals surface area contributed by atoms with Gasteiger partial charge in [-0.25, -0.2) is 0 Å². The van der Waals surface area contributed by atoms with Gasteiger partial charge in [-0.3, -0.25) is 14.6 Å². The van der Waals surface area contributed by atoms with Crippen LogP contribution in [0.2, 0.25) is 0 Å². The van der Waals surface area contributed by atoms with Crippen LogP contribution >= 0.6 is 15.9 Å². The molecule has 3 aromatic carbocycles. The molecule has 5 rings (SSSR count). The predicted molar refractivity (Wildman–Crippen MR) is 117 cm³/mol. The molecule has 1 aliphatic heterocycles. The largest absolute Gasteiger partial charge is 0.350 e. The Morgan fingerprint density at radius 3 is 2.76 bits per heavy atom. The Morgan fingerprint density at radius 1 is 1.03 bits per heavy atom. The first-order valence-corrected chi connectivity index (χ1v) is 10.1. The Labute approximate surface area is 175 Å². The molecule has 142 valence electrons. The third kappa shape index (κ3) is 2.96. The van der Waals surface area contributed by atoms with Crippen LogP contribution in [0.3, 0.4) is 0 Å². The van der Waals surface area contributed by atoms with Crippen LogP contribution in [-0.2, 0) is 0 Å². The van der Waals surface area contributed by atoms with Gasteiger partial charge in [0.05, 0.1) is 22.3 Å². The number of aromatic nitrogens is 1. The summed E-state index contributed by atoms with van der Waals surface area (Å²) < 4.78 is 0.810. The highest BCUT2D eigenvalue weighted by molar-refractivity contribution is 9.10. The summed E-state index contributed by atoms with van der Waals surface area (Å²) in [5, 5.41) is 5.84. The molecule has 0 spiro atoms. The van der Waals surface area contributed by atoms with E-state index in [0.29, 0.717) is 35.4 Å². The van der Waals surface area contributed by atoms with Gasteiger partial charge in [-0.2, -0.15) is 0 Å². The highest BCUT2D eigenvalue weighted by atomic mass is 79.9. The maximum absolute atomic E-state index is 13.7. The second-order valence-electron chi connectivity index (χ2n) is 6.92. The number of halogens is 1. The van der Waals surface area contributed by atoms with E-state index in [-0.39, 0.29) is 11.8 Å². The molecule has 0 radical (unpaired) electrons. The first kappa shape index (κ1) is 17.8. The molecule has 2 heterocycles. The monoisotopic (exact) mass is 445 g/mol. The van der Waals surface area contributed by atoms with Crippen molar-refractivity contribution >= 4 is 55.1 Å². The van der Waals surface area contributed by atoms with E-state index in [2.05, 4.69) is 26.2 Å². The molecule has 4 aromatic rings. The van der Waals surface area contributed by atoms with Crippen LogP contribution in [0.1, 0.15) is 20.7 Å². The summed E-state index contributed by atoms with van der Waals surface area (Å²) in [6, 6.07) is 19.1. The normalized spacial score (nSPS) is 13.8. The van der Waals surface area contributed by atoms with Gasteiger partial charge in [0.25, 0.3) is 11.8 Å². The predicted octanol–water partition coefficient (Wildman–Crippen LogP) is 4.54. The summed E-state index contributed by atoms with van der Waals surface area (Å²) in [5.41, 5.74) is 2.27. The standard InChI is InChI=1S/C23H16BrN3O2/c24-15-7-8-18-20(13-15)27(11-10-26-22(18)28)23(29)19-12-14-4-1-2-5-16(14)17-6-3-9-25-21(17)19/h1-9,12-13H,10-11H2,(H,26,28). The molecular weight excluding hydrogens is 430 g/mol. The molecule has 0 unspecified atom stereocenters. The molecule has 0 aliphatic carbocycles. The highest BCUT2D eigenvalue weighted by Crippen LogP contribution is 2.32. The van der Waals surface area contributed by atoms with E-state index in [4.69, 9.17) is 0 Å². The zero-order chi connectivity index (χ0) is 20.0. The summed E-state index contributed by atoms with van der Waals surface area (Å²) in [7, 11) is 0. The molecule has 0 bridgehead atoms. The van der Waals surface area contributed by atoms with E-state index in [1.54, 1.807) is 23.2 Å². The lowest BCUT2D eigenvalue weighted by Gasteiger charge is -2.23. The van der Waals surface area contributed by atoms with Crippen LogP contribution in [0.5, 0.6) is 0 Å². The van der Waals surface area contributed by atoms with Crippen LogP contribution < -0.4 is 10.2 Å². The minimum Gasteiger partial charge on any atom is -0.350 e. The number of pyridine rings is 1. The summed E-state index contributed by atoms with van der Waals surface area (Å²) in [6.07, 6.45) is 1.70. The summed E-state index contributed by atoms with van der Waals surface area (Å²) >= 11 is 3.46. The second kappa shape index (κ2) is 6.97. The fourth-order valence-corrected chi connectivity index (χ4v) is 4.21. The molecule has 5 nitrogen and oxygen atoms in total. The van der Waals surface area contributed by atoms with E-state index in [9.17, 15) is 9.59 Å². The first-order valence-electron chi connectivity index (χ1n) is 9.29. The Morgan fingerprint density at radius 2 is 1.86 bits per heavy atom. The Bertz CT molecular complexity index is 1300. The summed E-state index contributed by atoms with van der Waals surface area (Å²) in [6.45, 7) is 0.769. The lowest BCUT2D eigenvalue weighted by molar-refractivity contribution is 0.0953. The van der Waals surface area contributed by atoms with Gasteiger partial charge in [-0.05, 0) is 41.1 Å². The SMILES string of the molecule is O=C1NCCN(C(=O)c2cc3ccccc3c3cccnc23)c2cc(Br)ccc21. The highest BCUT2D eigenvalue weighted by Gasteiger charge is 2.27. The molecular formula is C23H16BrN3O2. The van der Waals surface area contributed by atoms with Crippen molar-refractivity contribution in [1.82, 2.24) is 10.3 Å². The van der Waals surface area contributed by atoms with Crippen molar-refractivity contribution in [2.75, 3.05) is 18.0 Å². The van der Waals surface area contributed by atoms with Crippen LogP contribution in [0.15, 0.2) is 71.3 Å². The van der Waals surface area contributed by atoms with Crippen LogP contribution in [0.25, 0.3) is 21.7 Å². The fourth-order valence-electron chi connectivity index (χ4n) is 3.87. The van der Waals surface area contributed by atoms with Gasteiger partial charge in [0, 0.05) is 29.1 Å². The van der Waals surface area contributed by atoms with Gasteiger partial charge in [0.15, 0.2) is 0 Å². The first-order chi connectivity index (χ1) is 14.1. The van der Waals surface area contributed by atoms with Gasteiger partial charge in [-0.15, -0.1) is 0 Å². The molecule has 0 atom stereocenters. The van der Waals surface area contributed by atoms with Gasteiger partial charge in [-0.1, -0.05) is 46.3 Å². The number of nitrogens with one attached hydrogen (secondary N) is 1. The molecule has 1 aliphatic rings. The van der Waals surface area contributed by atoms with Crippen LogP contribution in [0.4, 0.5) is 5.69 Å². The number of hydrogen-bond donors (Lipinski definition) is 1. The van der Waals surface area contributed by atoms with Gasteiger partial charge >= 0.3 is 0 Å². The molecule has 0 fully saturated rings. The average Bonchev–Trinajstić information content (AvgIpc) is 2.91. The Kier molecular flexibility index (Phi) is 4.28. The fraction of sp³-hybridized carbons (Fsp3) is 0.0870. The lowest BCUT2D eigenvalue weighted by atomic mass is 9.99. The summed E-state index contributed by atoms with van der Waals surface area (Å²) in [5.74, 6) is -0.348. The minimum atomic E-state index is -0.177. The summed E-state index contributed by atoms with van der Waals surface area (Å²) in [4.78, 5) is 32.3. The number of rotatable bonds is 1. The van der Waals surface area contributed by atoms with Crippen molar-refractivity contribution < 1.29 is 9.59 Å².